The van der Waals surface area contributed by atoms with Crippen LogP contribution in [0.4, 0.5) is 0 Å². The average Bonchev–Trinajstić information content (AvgIpc) is 2.73. The minimum absolute atomic E-state index is 0.103. The third-order valence-electron chi connectivity index (χ3n) is 3.45. The zero-order valence-corrected chi connectivity index (χ0v) is 12.6. The lowest BCUT2D eigenvalue weighted by molar-refractivity contribution is -0.132. The summed E-state index contributed by atoms with van der Waals surface area (Å²) in [6.45, 7) is 6.49. The molecule has 1 unspecified atom stereocenters. The van der Waals surface area contributed by atoms with Crippen LogP contribution in [0.3, 0.4) is 0 Å². The highest BCUT2D eigenvalue weighted by molar-refractivity contribution is 5.90. The Hall–Kier alpha value is -1.68. The molecule has 20 heavy (non-hydrogen) atoms. The molecule has 108 valence electrons. The van der Waals surface area contributed by atoms with Gasteiger partial charge in [-0.2, -0.15) is 5.10 Å². The summed E-state index contributed by atoms with van der Waals surface area (Å²) in [5.74, 6) is 0.281. The van der Waals surface area contributed by atoms with Crippen LogP contribution in [0.2, 0.25) is 0 Å². The number of ether oxygens (including phenoxy) is 1. The number of carbonyl (C=O) groups excluding carboxylic acids is 1. The summed E-state index contributed by atoms with van der Waals surface area (Å²) in [7, 11) is 1.90. The van der Waals surface area contributed by atoms with Gasteiger partial charge in [0.05, 0.1) is 17.6 Å². The summed E-state index contributed by atoms with van der Waals surface area (Å²) < 4.78 is 7.39. The van der Waals surface area contributed by atoms with Crippen molar-refractivity contribution in [3.8, 4) is 0 Å². The zero-order chi connectivity index (χ0) is 14.7. The van der Waals surface area contributed by atoms with E-state index < -0.39 is 0 Å². The molecule has 0 saturated heterocycles. The van der Waals surface area contributed by atoms with Crippen LogP contribution < -0.4 is 0 Å². The van der Waals surface area contributed by atoms with E-state index in [1.807, 2.05) is 56.8 Å². The fourth-order valence-electron chi connectivity index (χ4n) is 2.52. The molecule has 0 aliphatic carbocycles. The summed E-state index contributed by atoms with van der Waals surface area (Å²) in [5.41, 5.74) is 1.88. The second-order valence-corrected chi connectivity index (χ2v) is 5.35. The number of aryl methyl sites for hydroxylation is 1. The molecule has 0 N–H and O–H groups in total. The highest BCUT2D eigenvalue weighted by atomic mass is 16.5. The maximum Gasteiger partial charge on any atom is 0.167 e. The molecule has 2 aromatic rings. The van der Waals surface area contributed by atoms with E-state index in [0.29, 0.717) is 13.0 Å². The molecule has 0 aliphatic rings. The topological polar surface area (TPSA) is 44.1 Å². The third kappa shape index (κ3) is 2.90. The second-order valence-electron chi connectivity index (χ2n) is 5.35. The van der Waals surface area contributed by atoms with Gasteiger partial charge in [-0.05, 0) is 18.9 Å². The van der Waals surface area contributed by atoms with Crippen molar-refractivity contribution in [1.29, 1.82) is 0 Å². The Morgan fingerprint density at radius 1 is 1.35 bits per heavy atom. The van der Waals surface area contributed by atoms with E-state index in [0.717, 1.165) is 16.6 Å². The SMILES string of the molecule is CCOC(C(=O)Cc1nn(C)c2ccccc12)C(C)C. The number of fused-ring (bicyclic) bond motifs is 1. The van der Waals surface area contributed by atoms with E-state index in [1.165, 1.54) is 0 Å². The van der Waals surface area contributed by atoms with Crippen molar-refractivity contribution in [3.63, 3.8) is 0 Å². The molecular formula is C16H22N2O2. The lowest BCUT2D eigenvalue weighted by atomic mass is 9.99. The highest BCUT2D eigenvalue weighted by Crippen LogP contribution is 2.19. The van der Waals surface area contributed by atoms with Gasteiger partial charge in [-0.1, -0.05) is 32.0 Å². The number of para-hydroxylation sites is 1. The summed E-state index contributed by atoms with van der Waals surface area (Å²) in [5, 5.41) is 5.52. The van der Waals surface area contributed by atoms with E-state index in [-0.39, 0.29) is 17.8 Å². The lowest BCUT2D eigenvalue weighted by Gasteiger charge is -2.19. The molecule has 0 fully saturated rings. The van der Waals surface area contributed by atoms with Crippen molar-refractivity contribution < 1.29 is 9.53 Å². The monoisotopic (exact) mass is 274 g/mol. The van der Waals surface area contributed by atoms with Gasteiger partial charge in [0.15, 0.2) is 5.78 Å². The molecule has 0 radical (unpaired) electrons. The number of carbonyl (C=O) groups is 1. The number of hydrogen-bond donors (Lipinski definition) is 0. The van der Waals surface area contributed by atoms with E-state index in [9.17, 15) is 4.79 Å². The quantitative estimate of drug-likeness (QED) is 0.813. The Morgan fingerprint density at radius 2 is 2.05 bits per heavy atom. The minimum Gasteiger partial charge on any atom is -0.370 e. The molecule has 0 aliphatic heterocycles. The van der Waals surface area contributed by atoms with E-state index in [1.54, 1.807) is 0 Å². The molecule has 1 atom stereocenters. The first-order valence-electron chi connectivity index (χ1n) is 7.09. The minimum atomic E-state index is -0.347. The maximum absolute atomic E-state index is 12.4. The van der Waals surface area contributed by atoms with Crippen molar-refractivity contribution in [2.24, 2.45) is 13.0 Å². The molecule has 1 heterocycles. The average molecular weight is 274 g/mol. The predicted octanol–water partition coefficient (Wildman–Crippen LogP) is 2.75. The van der Waals surface area contributed by atoms with Crippen LogP contribution in [0.15, 0.2) is 24.3 Å². The van der Waals surface area contributed by atoms with Crippen LogP contribution in [0.25, 0.3) is 10.9 Å². The van der Waals surface area contributed by atoms with E-state index >= 15 is 0 Å². The molecule has 0 spiro atoms. The summed E-state index contributed by atoms with van der Waals surface area (Å²) >= 11 is 0. The first-order valence-corrected chi connectivity index (χ1v) is 7.09. The molecular weight excluding hydrogens is 252 g/mol. The van der Waals surface area contributed by atoms with Gasteiger partial charge in [-0.3, -0.25) is 9.48 Å². The van der Waals surface area contributed by atoms with Crippen LogP contribution >= 0.6 is 0 Å². The van der Waals surface area contributed by atoms with Gasteiger partial charge >= 0.3 is 0 Å². The summed E-state index contributed by atoms with van der Waals surface area (Å²) in [6, 6.07) is 7.97. The van der Waals surface area contributed by atoms with Gasteiger partial charge in [0.25, 0.3) is 0 Å². The Kier molecular flexibility index (Phi) is 4.55. The first kappa shape index (κ1) is 14.7. The van der Waals surface area contributed by atoms with Gasteiger partial charge in [-0.25, -0.2) is 0 Å². The van der Waals surface area contributed by atoms with E-state index in [4.69, 9.17) is 4.74 Å². The van der Waals surface area contributed by atoms with Crippen molar-refractivity contribution in [1.82, 2.24) is 9.78 Å². The number of ketones is 1. The van der Waals surface area contributed by atoms with Gasteiger partial charge < -0.3 is 4.74 Å². The maximum atomic E-state index is 12.4. The lowest BCUT2D eigenvalue weighted by Crippen LogP contribution is -2.31. The molecule has 4 nitrogen and oxygen atoms in total. The Labute approximate surface area is 119 Å². The van der Waals surface area contributed by atoms with Gasteiger partial charge in [-0.15, -0.1) is 0 Å². The largest absolute Gasteiger partial charge is 0.370 e. The zero-order valence-electron chi connectivity index (χ0n) is 12.6. The predicted molar refractivity (Wildman–Crippen MR) is 79.7 cm³/mol. The molecule has 2 rings (SSSR count). The normalized spacial score (nSPS) is 13.1. The number of Topliss-reactive ketones (excluding diaryl/α,β-unsaturated/α-hetero) is 1. The summed E-state index contributed by atoms with van der Waals surface area (Å²) in [4.78, 5) is 12.4. The molecule has 4 heteroatoms. The first-order chi connectivity index (χ1) is 9.54. The number of hydrogen-bond acceptors (Lipinski definition) is 3. The van der Waals surface area contributed by atoms with Crippen LogP contribution in [-0.4, -0.2) is 28.3 Å². The number of rotatable bonds is 6. The van der Waals surface area contributed by atoms with Crippen molar-refractivity contribution in [3.05, 3.63) is 30.0 Å². The van der Waals surface area contributed by atoms with E-state index in [2.05, 4.69) is 5.10 Å². The fraction of sp³-hybridized carbons (Fsp3) is 0.500. The van der Waals surface area contributed by atoms with Gasteiger partial charge in [0.1, 0.15) is 6.10 Å². The van der Waals surface area contributed by atoms with Gasteiger partial charge in [0, 0.05) is 19.0 Å². The fourth-order valence-corrected chi connectivity index (χ4v) is 2.52. The van der Waals surface area contributed by atoms with Crippen LogP contribution in [-0.2, 0) is 23.0 Å². The number of benzene rings is 1. The number of aromatic nitrogens is 2. The molecule has 1 aromatic heterocycles. The molecule has 1 aromatic carbocycles. The Balaban J connectivity index is 2.25. The smallest absolute Gasteiger partial charge is 0.167 e. The Bertz CT molecular complexity index is 602. The highest BCUT2D eigenvalue weighted by Gasteiger charge is 2.24. The Morgan fingerprint density at radius 3 is 2.70 bits per heavy atom. The standard InChI is InChI=1S/C16H22N2O2/c1-5-20-16(11(2)3)15(19)10-13-12-8-6-7-9-14(12)18(4)17-13/h6-9,11,16H,5,10H2,1-4H3. The summed E-state index contributed by atoms with van der Waals surface area (Å²) in [6.07, 6.45) is -0.0229. The van der Waals surface area contributed by atoms with Crippen LogP contribution in [0, 0.1) is 5.92 Å². The third-order valence-corrected chi connectivity index (χ3v) is 3.45. The van der Waals surface area contributed by atoms with Crippen molar-refractivity contribution in [2.75, 3.05) is 6.61 Å². The number of nitrogens with zero attached hydrogens (tertiary/aromatic N) is 2. The second kappa shape index (κ2) is 6.18. The van der Waals surface area contributed by atoms with Crippen LogP contribution in [0.1, 0.15) is 26.5 Å². The van der Waals surface area contributed by atoms with Crippen molar-refractivity contribution in [2.45, 2.75) is 33.3 Å². The van der Waals surface area contributed by atoms with Crippen LogP contribution in [0.5, 0.6) is 0 Å². The van der Waals surface area contributed by atoms with Gasteiger partial charge in [0.2, 0.25) is 0 Å². The molecule has 0 saturated carbocycles. The molecule has 0 amide bonds. The van der Waals surface area contributed by atoms with Crippen molar-refractivity contribution >= 4 is 16.7 Å². The molecule has 0 bridgehead atoms.